The molecule has 2 nitrogen and oxygen atoms in total. The van der Waals surface area contributed by atoms with Crippen molar-refractivity contribution in [3.05, 3.63) is 35.1 Å². The minimum Gasteiger partial charge on any atom is -0.542 e. The molecular formula is C13H20BrNOSi. The molecule has 94 valence electrons. The smallest absolute Gasteiger partial charge is 0.250 e. The van der Waals surface area contributed by atoms with Crippen LogP contribution in [0, 0.1) is 0 Å². The van der Waals surface area contributed by atoms with E-state index in [-0.39, 0.29) is 5.04 Å². The number of hydrogen-bond donors (Lipinski definition) is 0. The topological polar surface area (TPSA) is 22.1 Å². The highest BCUT2D eigenvalue weighted by Crippen LogP contribution is 2.38. The van der Waals surface area contributed by atoms with Crippen LogP contribution in [0.15, 0.2) is 29.4 Å². The summed E-state index contributed by atoms with van der Waals surface area (Å²) in [4.78, 5) is 4.27. The van der Waals surface area contributed by atoms with Gasteiger partial charge in [0.25, 0.3) is 8.32 Å². The second-order valence-corrected chi connectivity index (χ2v) is 11.3. The molecule has 0 atom stereocenters. The number of hydrogen-bond acceptors (Lipinski definition) is 2. The van der Waals surface area contributed by atoms with E-state index in [1.54, 1.807) is 6.20 Å². The Kier molecular flexibility index (Phi) is 4.20. The Morgan fingerprint density at radius 1 is 1.41 bits per heavy atom. The van der Waals surface area contributed by atoms with Gasteiger partial charge in [0.15, 0.2) is 0 Å². The summed E-state index contributed by atoms with van der Waals surface area (Å²) in [5.74, 6) is 0.665. The van der Waals surface area contributed by atoms with Gasteiger partial charge in [-0.15, -0.1) is 0 Å². The Morgan fingerprint density at radius 2 is 2.00 bits per heavy atom. The molecule has 1 rings (SSSR count). The highest BCUT2D eigenvalue weighted by Gasteiger charge is 2.39. The second-order valence-electron chi connectivity index (χ2n) is 5.64. The fraction of sp³-hybridized carbons (Fsp3) is 0.462. The zero-order chi connectivity index (χ0) is 13.3. The van der Waals surface area contributed by atoms with Gasteiger partial charge in [0.05, 0.1) is 0 Å². The molecule has 0 aliphatic heterocycles. The number of pyridine rings is 1. The van der Waals surface area contributed by atoms with E-state index >= 15 is 0 Å². The molecule has 17 heavy (non-hydrogen) atoms. The highest BCUT2D eigenvalue weighted by molar-refractivity contribution is 9.10. The van der Waals surface area contributed by atoms with Gasteiger partial charge in [-0.05, 0) is 30.3 Å². The summed E-state index contributed by atoms with van der Waals surface area (Å²) in [6.45, 7) is 15.0. The SMILES string of the molecule is C=C(O[Si](C)(C)C(C)(C)C)c1cc(Br)ccn1. The van der Waals surface area contributed by atoms with Gasteiger partial charge in [0, 0.05) is 10.7 Å². The first-order chi connectivity index (χ1) is 7.63. The molecule has 0 aromatic carbocycles. The van der Waals surface area contributed by atoms with Crippen LogP contribution in [0.3, 0.4) is 0 Å². The van der Waals surface area contributed by atoms with Crippen LogP contribution >= 0.6 is 15.9 Å². The number of aromatic nitrogens is 1. The lowest BCUT2D eigenvalue weighted by Crippen LogP contribution is -2.40. The van der Waals surface area contributed by atoms with Crippen LogP contribution in [0.2, 0.25) is 18.1 Å². The first kappa shape index (κ1) is 14.4. The van der Waals surface area contributed by atoms with Crippen molar-refractivity contribution in [1.82, 2.24) is 4.98 Å². The van der Waals surface area contributed by atoms with Gasteiger partial charge >= 0.3 is 0 Å². The summed E-state index contributed by atoms with van der Waals surface area (Å²) >= 11 is 3.42. The molecule has 0 unspecified atom stereocenters. The van der Waals surface area contributed by atoms with Crippen LogP contribution in [0.5, 0.6) is 0 Å². The van der Waals surface area contributed by atoms with E-state index in [0.717, 1.165) is 10.2 Å². The van der Waals surface area contributed by atoms with Crippen molar-refractivity contribution < 1.29 is 4.43 Å². The third kappa shape index (κ3) is 3.68. The Morgan fingerprint density at radius 3 is 2.47 bits per heavy atom. The van der Waals surface area contributed by atoms with Crippen LogP contribution in [0.1, 0.15) is 26.5 Å². The van der Waals surface area contributed by atoms with Gasteiger partial charge < -0.3 is 4.43 Å². The van der Waals surface area contributed by atoms with E-state index in [9.17, 15) is 0 Å². The van der Waals surface area contributed by atoms with Gasteiger partial charge in [0.1, 0.15) is 11.5 Å². The zero-order valence-corrected chi connectivity index (χ0v) is 13.8. The van der Waals surface area contributed by atoms with Gasteiger partial charge in [-0.25, -0.2) is 0 Å². The van der Waals surface area contributed by atoms with Crippen LogP contribution in [-0.2, 0) is 4.43 Å². The van der Waals surface area contributed by atoms with E-state index in [1.807, 2.05) is 12.1 Å². The van der Waals surface area contributed by atoms with Crippen molar-refractivity contribution in [2.75, 3.05) is 0 Å². The molecule has 0 aliphatic rings. The molecule has 4 heteroatoms. The third-order valence-corrected chi connectivity index (χ3v) is 8.05. The summed E-state index contributed by atoms with van der Waals surface area (Å²) in [6, 6.07) is 3.82. The van der Waals surface area contributed by atoms with Gasteiger partial charge in [-0.2, -0.15) is 0 Å². The predicted octanol–water partition coefficient (Wildman–Crippen LogP) is 4.84. The van der Waals surface area contributed by atoms with E-state index in [4.69, 9.17) is 4.43 Å². The first-order valence-electron chi connectivity index (χ1n) is 5.63. The van der Waals surface area contributed by atoms with Crippen LogP contribution in [0.25, 0.3) is 5.76 Å². The number of nitrogens with zero attached hydrogens (tertiary/aromatic N) is 1. The van der Waals surface area contributed by atoms with Crippen molar-refractivity contribution in [3.63, 3.8) is 0 Å². The van der Waals surface area contributed by atoms with Crippen molar-refractivity contribution in [2.45, 2.75) is 38.9 Å². The third-order valence-electron chi connectivity index (χ3n) is 3.19. The van der Waals surface area contributed by atoms with Crippen molar-refractivity contribution in [1.29, 1.82) is 0 Å². The summed E-state index contributed by atoms with van der Waals surface area (Å²) in [5, 5.41) is 0.169. The molecule has 0 saturated heterocycles. The minimum atomic E-state index is -1.82. The largest absolute Gasteiger partial charge is 0.542 e. The highest BCUT2D eigenvalue weighted by atomic mass is 79.9. The normalized spacial score (nSPS) is 12.4. The fourth-order valence-corrected chi connectivity index (χ4v) is 2.43. The molecular weight excluding hydrogens is 294 g/mol. The Hall–Kier alpha value is -0.613. The molecule has 0 amide bonds. The maximum Gasteiger partial charge on any atom is 0.250 e. The Labute approximate surface area is 113 Å². The number of rotatable bonds is 3. The van der Waals surface area contributed by atoms with Gasteiger partial charge in [0.2, 0.25) is 0 Å². The van der Waals surface area contributed by atoms with Crippen molar-refractivity contribution in [2.24, 2.45) is 0 Å². The van der Waals surface area contributed by atoms with Crippen LogP contribution in [0.4, 0.5) is 0 Å². The van der Waals surface area contributed by atoms with Crippen LogP contribution < -0.4 is 0 Å². The lowest BCUT2D eigenvalue weighted by Gasteiger charge is -2.36. The Bertz CT molecular complexity index is 424. The van der Waals surface area contributed by atoms with Crippen molar-refractivity contribution in [3.8, 4) is 0 Å². The summed E-state index contributed by atoms with van der Waals surface area (Å²) in [6.07, 6.45) is 1.75. The van der Waals surface area contributed by atoms with E-state index in [0.29, 0.717) is 5.76 Å². The molecule has 0 spiro atoms. The van der Waals surface area contributed by atoms with Gasteiger partial charge in [-0.3, -0.25) is 4.98 Å². The molecule has 1 heterocycles. The molecule has 0 bridgehead atoms. The van der Waals surface area contributed by atoms with Gasteiger partial charge in [-0.1, -0.05) is 43.3 Å². The molecule has 0 fully saturated rings. The summed E-state index contributed by atoms with van der Waals surface area (Å²) in [7, 11) is -1.82. The Balaban J connectivity index is 2.87. The standard InChI is InChI=1S/C13H20BrNOSi/c1-10(12-9-11(14)7-8-15-12)16-17(5,6)13(2,3)4/h7-9H,1H2,2-6H3. The van der Waals surface area contributed by atoms with Crippen LogP contribution in [-0.4, -0.2) is 13.3 Å². The first-order valence-corrected chi connectivity index (χ1v) is 9.33. The molecule has 0 radical (unpaired) electrons. The predicted molar refractivity (Wildman–Crippen MR) is 79.3 cm³/mol. The molecule has 0 aliphatic carbocycles. The molecule has 1 aromatic heterocycles. The van der Waals surface area contributed by atoms with Crippen molar-refractivity contribution >= 4 is 30.0 Å². The quantitative estimate of drug-likeness (QED) is 0.588. The molecule has 1 aromatic rings. The lowest BCUT2D eigenvalue weighted by atomic mass is 10.2. The average molecular weight is 314 g/mol. The van der Waals surface area contributed by atoms with E-state index in [2.05, 4.69) is 61.4 Å². The fourth-order valence-electron chi connectivity index (χ4n) is 1.07. The van der Waals surface area contributed by atoms with E-state index < -0.39 is 8.32 Å². The minimum absolute atomic E-state index is 0.169. The monoisotopic (exact) mass is 313 g/mol. The second kappa shape index (κ2) is 4.94. The maximum absolute atomic E-state index is 6.10. The van der Waals surface area contributed by atoms with E-state index in [1.165, 1.54) is 0 Å². The molecule has 0 saturated carbocycles. The zero-order valence-electron chi connectivity index (χ0n) is 11.2. The lowest BCUT2D eigenvalue weighted by molar-refractivity contribution is 0.457. The maximum atomic E-state index is 6.10. The average Bonchev–Trinajstić information content (AvgIpc) is 2.15. The number of halogens is 1. The summed E-state index contributed by atoms with van der Waals surface area (Å²) in [5.41, 5.74) is 0.796. The molecule has 0 N–H and O–H groups in total. The summed E-state index contributed by atoms with van der Waals surface area (Å²) < 4.78 is 7.09.